The summed E-state index contributed by atoms with van der Waals surface area (Å²) in [5, 5.41) is 15.5. The SMILES string of the molecule is C=C1C=C(Nc2ccc(C(=O)O)cc2)N=CC2=C1C(=NC)C(/C=C(\C)CC)=C(c1c(F)cccc1F)NC2. The average Bonchev–Trinajstić information content (AvgIpc) is 3.13. The third-order valence-corrected chi connectivity index (χ3v) is 6.32. The second-order valence-electron chi connectivity index (χ2n) is 8.88. The molecule has 2 heterocycles. The lowest BCUT2D eigenvalue weighted by atomic mass is 9.90. The third-order valence-electron chi connectivity index (χ3n) is 6.32. The minimum atomic E-state index is -1.01. The molecular formula is C30H28F2N4O2. The van der Waals surface area contributed by atoms with E-state index in [4.69, 9.17) is 5.11 Å². The molecule has 0 radical (unpaired) electrons. The summed E-state index contributed by atoms with van der Waals surface area (Å²) in [6.07, 6.45) is 6.08. The van der Waals surface area contributed by atoms with Crippen molar-refractivity contribution >= 4 is 29.3 Å². The molecule has 2 aliphatic rings. The molecule has 2 aliphatic heterocycles. The van der Waals surface area contributed by atoms with Crippen LogP contribution < -0.4 is 10.6 Å². The summed E-state index contributed by atoms with van der Waals surface area (Å²) in [7, 11) is 1.64. The number of nitrogens with one attached hydrogen (secondary N) is 2. The van der Waals surface area contributed by atoms with E-state index in [1.165, 1.54) is 30.3 Å². The van der Waals surface area contributed by atoms with Gasteiger partial charge in [-0.15, -0.1) is 0 Å². The molecule has 0 bridgehead atoms. The topological polar surface area (TPSA) is 86.1 Å². The van der Waals surface area contributed by atoms with Crippen LogP contribution in [0.4, 0.5) is 14.5 Å². The Balaban J connectivity index is 1.79. The van der Waals surface area contributed by atoms with Crippen LogP contribution in [-0.2, 0) is 0 Å². The maximum absolute atomic E-state index is 14.9. The van der Waals surface area contributed by atoms with Crippen LogP contribution in [0.3, 0.4) is 0 Å². The summed E-state index contributed by atoms with van der Waals surface area (Å²) < 4.78 is 29.9. The molecule has 2 aromatic carbocycles. The fourth-order valence-electron chi connectivity index (χ4n) is 4.26. The van der Waals surface area contributed by atoms with E-state index in [2.05, 4.69) is 27.2 Å². The van der Waals surface area contributed by atoms with Gasteiger partial charge in [0.25, 0.3) is 0 Å². The van der Waals surface area contributed by atoms with Crippen molar-refractivity contribution in [1.29, 1.82) is 0 Å². The normalized spacial score (nSPS) is 17.1. The maximum Gasteiger partial charge on any atom is 0.335 e. The summed E-state index contributed by atoms with van der Waals surface area (Å²) in [4.78, 5) is 20.3. The van der Waals surface area contributed by atoms with Crippen LogP contribution in [0.1, 0.15) is 36.2 Å². The second kappa shape index (κ2) is 11.2. The number of carboxylic acid groups (broad SMARTS) is 1. The number of benzene rings is 2. The van der Waals surface area contributed by atoms with Crippen molar-refractivity contribution in [2.75, 3.05) is 18.9 Å². The zero-order chi connectivity index (χ0) is 27.4. The molecule has 0 aromatic heterocycles. The highest BCUT2D eigenvalue weighted by Crippen LogP contribution is 2.33. The lowest BCUT2D eigenvalue weighted by Gasteiger charge is -2.17. The van der Waals surface area contributed by atoms with Crippen LogP contribution in [0.2, 0.25) is 0 Å². The number of aliphatic imine (C=N–C) groups is 2. The Labute approximate surface area is 220 Å². The summed E-state index contributed by atoms with van der Waals surface area (Å²) in [5.74, 6) is -1.86. The van der Waals surface area contributed by atoms with Crippen molar-refractivity contribution in [1.82, 2.24) is 5.32 Å². The minimum Gasteiger partial charge on any atom is -0.478 e. The Bertz CT molecular complexity index is 1470. The summed E-state index contributed by atoms with van der Waals surface area (Å²) >= 11 is 0. The number of nitrogens with zero attached hydrogens (tertiary/aromatic N) is 2. The lowest BCUT2D eigenvalue weighted by Crippen LogP contribution is -2.18. The number of halogens is 2. The van der Waals surface area contributed by atoms with E-state index < -0.39 is 17.6 Å². The van der Waals surface area contributed by atoms with Gasteiger partial charge in [-0.1, -0.05) is 31.2 Å². The molecular weight excluding hydrogens is 486 g/mol. The highest BCUT2D eigenvalue weighted by molar-refractivity contribution is 6.23. The van der Waals surface area contributed by atoms with Crippen molar-refractivity contribution < 1.29 is 18.7 Å². The lowest BCUT2D eigenvalue weighted by molar-refractivity contribution is 0.0697. The monoisotopic (exact) mass is 514 g/mol. The van der Waals surface area contributed by atoms with E-state index in [0.717, 1.165) is 17.6 Å². The first kappa shape index (κ1) is 26.5. The fourth-order valence-corrected chi connectivity index (χ4v) is 4.26. The zero-order valence-corrected chi connectivity index (χ0v) is 21.4. The van der Waals surface area contributed by atoms with Gasteiger partial charge in [0, 0.05) is 36.6 Å². The van der Waals surface area contributed by atoms with Crippen molar-refractivity contribution in [3.05, 3.63) is 118 Å². The Morgan fingerprint density at radius 2 is 1.89 bits per heavy atom. The quantitative estimate of drug-likeness (QED) is 0.423. The van der Waals surface area contributed by atoms with Crippen LogP contribution in [0, 0.1) is 11.6 Å². The Hall–Kier alpha value is -4.59. The number of carbonyl (C=O) groups is 1. The highest BCUT2D eigenvalue weighted by atomic mass is 19.1. The van der Waals surface area contributed by atoms with E-state index in [-0.39, 0.29) is 17.7 Å². The van der Waals surface area contributed by atoms with Gasteiger partial charge >= 0.3 is 5.97 Å². The highest BCUT2D eigenvalue weighted by Gasteiger charge is 2.28. The van der Waals surface area contributed by atoms with Gasteiger partial charge in [0.05, 0.1) is 22.5 Å². The molecule has 194 valence electrons. The Kier molecular flexibility index (Phi) is 7.81. The molecule has 4 rings (SSSR count). The maximum atomic E-state index is 14.9. The van der Waals surface area contributed by atoms with Gasteiger partial charge in [-0.05, 0) is 67.0 Å². The zero-order valence-electron chi connectivity index (χ0n) is 21.4. The molecule has 8 heteroatoms. The largest absolute Gasteiger partial charge is 0.478 e. The molecule has 0 saturated carbocycles. The molecule has 0 amide bonds. The van der Waals surface area contributed by atoms with Crippen LogP contribution in [0.25, 0.3) is 5.70 Å². The smallest absolute Gasteiger partial charge is 0.335 e. The van der Waals surface area contributed by atoms with Crippen molar-refractivity contribution in [3.8, 4) is 0 Å². The van der Waals surface area contributed by atoms with Gasteiger partial charge in [0.2, 0.25) is 0 Å². The summed E-state index contributed by atoms with van der Waals surface area (Å²) in [6, 6.07) is 10.1. The number of aromatic carboxylic acids is 1. The molecule has 0 aliphatic carbocycles. The van der Waals surface area contributed by atoms with Crippen LogP contribution in [0.15, 0.2) is 105 Å². The van der Waals surface area contributed by atoms with E-state index in [9.17, 15) is 13.6 Å². The molecule has 2 aromatic rings. The third kappa shape index (κ3) is 5.39. The van der Waals surface area contributed by atoms with Crippen molar-refractivity contribution in [2.45, 2.75) is 20.3 Å². The number of hydrogen-bond acceptors (Lipinski definition) is 5. The first-order valence-electron chi connectivity index (χ1n) is 12.1. The first-order chi connectivity index (χ1) is 18.2. The summed E-state index contributed by atoms with van der Waals surface area (Å²) in [5.41, 5.74) is 5.18. The van der Waals surface area contributed by atoms with E-state index in [0.29, 0.717) is 39.6 Å². The van der Waals surface area contributed by atoms with E-state index >= 15 is 0 Å². The molecule has 0 saturated heterocycles. The van der Waals surface area contributed by atoms with Gasteiger partial charge in [-0.25, -0.2) is 18.6 Å². The van der Waals surface area contributed by atoms with Crippen molar-refractivity contribution in [2.24, 2.45) is 9.98 Å². The predicted octanol–water partition coefficient (Wildman–Crippen LogP) is 6.30. The average molecular weight is 515 g/mol. The Morgan fingerprint density at radius 1 is 1.21 bits per heavy atom. The van der Waals surface area contributed by atoms with Crippen LogP contribution in [-0.4, -0.2) is 36.6 Å². The van der Waals surface area contributed by atoms with Crippen LogP contribution in [0.5, 0.6) is 0 Å². The molecule has 3 N–H and O–H groups in total. The number of hydrogen-bond donors (Lipinski definition) is 3. The number of anilines is 1. The molecule has 6 nitrogen and oxygen atoms in total. The molecule has 0 unspecified atom stereocenters. The standard InChI is InChI=1S/C30H28F2N4O2/c1-5-17(2)13-22-28(33-4)26-18(3)14-25(36-21-11-9-19(10-12-21)30(37)38)34-15-20(26)16-35-29(22)27-23(31)7-6-8-24(27)32/h6-15,35-36H,3,5,16H2,1-2,4H3,(H,37,38)/b17-13+,33-28?. The Morgan fingerprint density at radius 3 is 2.50 bits per heavy atom. The first-order valence-corrected chi connectivity index (χ1v) is 12.1. The van der Waals surface area contributed by atoms with Crippen molar-refractivity contribution in [3.63, 3.8) is 0 Å². The van der Waals surface area contributed by atoms with Gasteiger partial charge in [-0.3, -0.25) is 4.99 Å². The number of rotatable bonds is 6. The summed E-state index contributed by atoms with van der Waals surface area (Å²) in [6.45, 7) is 8.46. The van der Waals surface area contributed by atoms with Gasteiger partial charge in [-0.2, -0.15) is 0 Å². The number of allylic oxidation sites excluding steroid dienone is 6. The predicted molar refractivity (Wildman–Crippen MR) is 148 cm³/mol. The van der Waals surface area contributed by atoms with E-state index in [1.807, 2.05) is 19.9 Å². The van der Waals surface area contributed by atoms with Crippen LogP contribution >= 0.6 is 0 Å². The molecule has 0 atom stereocenters. The van der Waals surface area contributed by atoms with E-state index in [1.54, 1.807) is 31.5 Å². The minimum absolute atomic E-state index is 0.147. The van der Waals surface area contributed by atoms with Gasteiger partial charge in [0.15, 0.2) is 0 Å². The number of carboxylic acids is 1. The molecule has 0 spiro atoms. The van der Waals surface area contributed by atoms with Gasteiger partial charge < -0.3 is 15.7 Å². The van der Waals surface area contributed by atoms with Gasteiger partial charge in [0.1, 0.15) is 17.5 Å². The fraction of sp³-hybridized carbons (Fsp3) is 0.167. The molecule has 0 fully saturated rings. The second-order valence-corrected chi connectivity index (χ2v) is 8.88. The molecule has 38 heavy (non-hydrogen) atoms.